The van der Waals surface area contributed by atoms with E-state index in [9.17, 15) is 18.4 Å². The van der Waals surface area contributed by atoms with E-state index < -0.39 is 23.1 Å². The Kier molecular flexibility index (Phi) is 4.48. The molecule has 1 aliphatic heterocycles. The summed E-state index contributed by atoms with van der Waals surface area (Å²) < 4.78 is 26.7. The Labute approximate surface area is 140 Å². The Morgan fingerprint density at radius 3 is 2.83 bits per heavy atom. The molecule has 0 radical (unpaired) electrons. The number of amides is 1. The maximum atomic E-state index is 13.5. The quantitative estimate of drug-likeness (QED) is 0.506. The van der Waals surface area contributed by atoms with Crippen molar-refractivity contribution >= 4 is 23.5 Å². The number of hydrogen-bond donors (Lipinski definition) is 2. The summed E-state index contributed by atoms with van der Waals surface area (Å²) in [6.45, 7) is 3.59. The van der Waals surface area contributed by atoms with E-state index in [0.717, 1.165) is 12.1 Å². The van der Waals surface area contributed by atoms with Crippen LogP contribution in [0.2, 0.25) is 0 Å². The van der Waals surface area contributed by atoms with E-state index in [2.05, 4.69) is 21.9 Å². The van der Waals surface area contributed by atoms with Crippen LogP contribution in [0.3, 0.4) is 0 Å². The Morgan fingerprint density at radius 2 is 2.12 bits per heavy atom. The second kappa shape index (κ2) is 6.56. The van der Waals surface area contributed by atoms with Gasteiger partial charge < -0.3 is 10.3 Å². The SMILES string of the molecule is C=CCSc1nc2c(c(=O)[nH]1)C(c1ccc(F)c(F)c1)CC(=O)N2. The first-order chi connectivity index (χ1) is 11.5. The molecule has 1 unspecified atom stereocenters. The number of anilines is 1. The van der Waals surface area contributed by atoms with Gasteiger partial charge in [0.15, 0.2) is 16.8 Å². The number of halogens is 2. The molecule has 124 valence electrons. The van der Waals surface area contributed by atoms with Gasteiger partial charge in [0.2, 0.25) is 5.91 Å². The molecule has 0 aliphatic carbocycles. The molecular weight excluding hydrogens is 336 g/mol. The average molecular weight is 349 g/mol. The van der Waals surface area contributed by atoms with E-state index in [1.165, 1.54) is 17.8 Å². The number of hydrogen-bond acceptors (Lipinski definition) is 4. The summed E-state index contributed by atoms with van der Waals surface area (Å²) in [5.74, 6) is -2.34. The molecule has 1 atom stereocenters. The van der Waals surface area contributed by atoms with E-state index in [1.54, 1.807) is 6.08 Å². The van der Waals surface area contributed by atoms with Crippen molar-refractivity contribution in [3.8, 4) is 0 Å². The topological polar surface area (TPSA) is 74.8 Å². The zero-order valence-corrected chi connectivity index (χ0v) is 13.3. The van der Waals surface area contributed by atoms with Gasteiger partial charge in [0.1, 0.15) is 5.82 Å². The van der Waals surface area contributed by atoms with Crippen molar-refractivity contribution < 1.29 is 13.6 Å². The van der Waals surface area contributed by atoms with Crippen LogP contribution in [0.5, 0.6) is 0 Å². The van der Waals surface area contributed by atoms with Crippen molar-refractivity contribution in [2.24, 2.45) is 0 Å². The van der Waals surface area contributed by atoms with Gasteiger partial charge in [-0.15, -0.1) is 6.58 Å². The predicted octanol–water partition coefficient (Wildman–Crippen LogP) is 2.80. The van der Waals surface area contributed by atoms with Crippen molar-refractivity contribution in [2.45, 2.75) is 17.5 Å². The third-order valence-corrected chi connectivity index (χ3v) is 4.48. The first-order valence-corrected chi connectivity index (χ1v) is 8.11. The maximum absolute atomic E-state index is 13.5. The smallest absolute Gasteiger partial charge is 0.257 e. The molecule has 24 heavy (non-hydrogen) atoms. The van der Waals surface area contributed by atoms with Crippen LogP contribution in [0.1, 0.15) is 23.5 Å². The predicted molar refractivity (Wildman–Crippen MR) is 87.2 cm³/mol. The van der Waals surface area contributed by atoms with Crippen molar-refractivity contribution in [3.63, 3.8) is 0 Å². The number of aromatic nitrogens is 2. The molecule has 1 aromatic heterocycles. The zero-order chi connectivity index (χ0) is 17.3. The summed E-state index contributed by atoms with van der Waals surface area (Å²) in [4.78, 5) is 31.3. The summed E-state index contributed by atoms with van der Waals surface area (Å²) in [6.07, 6.45) is 1.62. The second-order valence-corrected chi connectivity index (χ2v) is 6.22. The molecule has 1 amide bonds. The number of nitrogens with zero attached hydrogens (tertiary/aromatic N) is 1. The molecule has 2 N–H and O–H groups in total. The molecule has 0 fully saturated rings. The normalized spacial score (nSPS) is 16.4. The van der Waals surface area contributed by atoms with Gasteiger partial charge in [-0.3, -0.25) is 9.59 Å². The van der Waals surface area contributed by atoms with Crippen LogP contribution in [0.15, 0.2) is 40.8 Å². The third-order valence-electron chi connectivity index (χ3n) is 3.61. The lowest BCUT2D eigenvalue weighted by Gasteiger charge is -2.24. The minimum Gasteiger partial charge on any atom is -0.310 e. The number of aromatic amines is 1. The number of thioether (sulfide) groups is 1. The number of rotatable bonds is 4. The highest BCUT2D eigenvalue weighted by molar-refractivity contribution is 7.99. The molecule has 0 saturated heterocycles. The molecule has 0 spiro atoms. The third kappa shape index (κ3) is 3.09. The number of fused-ring (bicyclic) bond motifs is 1. The second-order valence-electron chi connectivity index (χ2n) is 5.21. The van der Waals surface area contributed by atoms with E-state index in [-0.39, 0.29) is 23.7 Å². The highest BCUT2D eigenvalue weighted by atomic mass is 32.2. The highest BCUT2D eigenvalue weighted by Crippen LogP contribution is 2.34. The molecule has 2 aromatic rings. The molecule has 3 rings (SSSR count). The first kappa shape index (κ1) is 16.4. The fraction of sp³-hybridized carbons (Fsp3) is 0.188. The standard InChI is InChI=1S/C16H13F2N3O2S/c1-2-5-24-16-20-14-13(15(23)21-16)9(7-12(22)19-14)8-3-4-10(17)11(18)6-8/h2-4,6,9H,1,5,7H2,(H2,19,20,21,22,23). The number of H-pyrrole nitrogens is 1. The van der Waals surface area contributed by atoms with Gasteiger partial charge in [-0.2, -0.15) is 0 Å². The number of carbonyl (C=O) groups is 1. The fourth-order valence-corrected chi connectivity index (χ4v) is 3.17. The summed E-state index contributed by atoms with van der Waals surface area (Å²) >= 11 is 1.26. The average Bonchev–Trinajstić information content (AvgIpc) is 2.54. The Hall–Kier alpha value is -2.48. The van der Waals surface area contributed by atoms with Crippen molar-refractivity contribution in [2.75, 3.05) is 11.1 Å². The monoisotopic (exact) mass is 349 g/mol. The summed E-state index contributed by atoms with van der Waals surface area (Å²) in [5.41, 5.74) is 0.175. The maximum Gasteiger partial charge on any atom is 0.257 e. The summed E-state index contributed by atoms with van der Waals surface area (Å²) in [5, 5.41) is 2.92. The lowest BCUT2D eigenvalue weighted by Crippen LogP contribution is -2.31. The molecule has 1 aliphatic rings. The number of benzene rings is 1. The van der Waals surface area contributed by atoms with Crippen LogP contribution in [-0.4, -0.2) is 21.6 Å². The molecule has 5 nitrogen and oxygen atoms in total. The molecular formula is C16H13F2N3O2S. The van der Waals surface area contributed by atoms with Crippen LogP contribution in [0.25, 0.3) is 0 Å². The summed E-state index contributed by atoms with van der Waals surface area (Å²) in [6, 6.07) is 3.35. The van der Waals surface area contributed by atoms with Gasteiger partial charge in [-0.25, -0.2) is 13.8 Å². The Balaban J connectivity index is 2.09. The fourth-order valence-electron chi connectivity index (χ4n) is 2.57. The van der Waals surface area contributed by atoms with E-state index in [4.69, 9.17) is 0 Å². The van der Waals surface area contributed by atoms with Crippen LogP contribution in [-0.2, 0) is 4.79 Å². The minimum atomic E-state index is -1.03. The van der Waals surface area contributed by atoms with Crippen LogP contribution in [0, 0.1) is 11.6 Å². The molecule has 0 bridgehead atoms. The summed E-state index contributed by atoms with van der Waals surface area (Å²) in [7, 11) is 0. The van der Waals surface area contributed by atoms with E-state index >= 15 is 0 Å². The lowest BCUT2D eigenvalue weighted by molar-refractivity contribution is -0.116. The van der Waals surface area contributed by atoms with Gasteiger partial charge in [-0.1, -0.05) is 23.9 Å². The highest BCUT2D eigenvalue weighted by Gasteiger charge is 2.31. The van der Waals surface area contributed by atoms with Crippen LogP contribution < -0.4 is 10.9 Å². The van der Waals surface area contributed by atoms with Crippen molar-refractivity contribution in [1.82, 2.24) is 9.97 Å². The van der Waals surface area contributed by atoms with Gasteiger partial charge in [0, 0.05) is 18.1 Å². The molecule has 2 heterocycles. The van der Waals surface area contributed by atoms with Gasteiger partial charge in [-0.05, 0) is 17.7 Å². The van der Waals surface area contributed by atoms with Gasteiger partial charge >= 0.3 is 0 Å². The van der Waals surface area contributed by atoms with Crippen LogP contribution >= 0.6 is 11.8 Å². The minimum absolute atomic E-state index is 0.0397. The zero-order valence-electron chi connectivity index (χ0n) is 12.4. The van der Waals surface area contributed by atoms with E-state index in [1.807, 2.05) is 0 Å². The molecule has 1 aromatic carbocycles. The van der Waals surface area contributed by atoms with Gasteiger partial charge in [0.05, 0.1) is 5.56 Å². The number of nitrogens with one attached hydrogen (secondary N) is 2. The molecule has 0 saturated carbocycles. The lowest BCUT2D eigenvalue weighted by atomic mass is 9.87. The van der Waals surface area contributed by atoms with Gasteiger partial charge in [0.25, 0.3) is 5.56 Å². The Morgan fingerprint density at radius 1 is 1.33 bits per heavy atom. The van der Waals surface area contributed by atoms with E-state index in [0.29, 0.717) is 16.5 Å². The van der Waals surface area contributed by atoms with Crippen molar-refractivity contribution in [3.05, 3.63) is 64.0 Å². The first-order valence-electron chi connectivity index (χ1n) is 7.12. The Bertz CT molecular complexity index is 882. The van der Waals surface area contributed by atoms with Crippen LogP contribution in [0.4, 0.5) is 14.6 Å². The van der Waals surface area contributed by atoms with Crippen molar-refractivity contribution in [1.29, 1.82) is 0 Å². The largest absolute Gasteiger partial charge is 0.310 e. The number of carbonyl (C=O) groups excluding carboxylic acids is 1. The molecule has 8 heteroatoms.